The van der Waals surface area contributed by atoms with Gasteiger partial charge in [0, 0.05) is 6.07 Å². The van der Waals surface area contributed by atoms with E-state index in [0.717, 1.165) is 0 Å². The molecule has 0 aliphatic rings. The van der Waals surface area contributed by atoms with Gasteiger partial charge in [-0.2, -0.15) is 0 Å². The lowest BCUT2D eigenvalue weighted by Gasteiger charge is -1.96. The summed E-state index contributed by atoms with van der Waals surface area (Å²) < 4.78 is 5.03. The van der Waals surface area contributed by atoms with E-state index in [1.165, 1.54) is 12.3 Å². The van der Waals surface area contributed by atoms with Gasteiger partial charge in [-0.3, -0.25) is 4.98 Å². The van der Waals surface area contributed by atoms with Crippen LogP contribution in [0.4, 0.5) is 0 Å². The Balaban J connectivity index is 2.60. The fourth-order valence-corrected chi connectivity index (χ4v) is 1.01. The van der Waals surface area contributed by atoms with E-state index in [-0.39, 0.29) is 5.59 Å². The zero-order chi connectivity index (χ0) is 8.55. The Morgan fingerprint density at radius 3 is 2.83 bits per heavy atom. The monoisotopic (exact) mass is 163 g/mol. The smallest absolute Gasteiger partial charge is 0.463 e. The molecule has 0 bridgehead atoms. The maximum Gasteiger partial charge on any atom is 0.508 e. The zero-order valence-electron chi connectivity index (χ0n) is 6.14. The van der Waals surface area contributed by atoms with Gasteiger partial charge >= 0.3 is 7.12 Å². The minimum Gasteiger partial charge on any atom is -0.463 e. The number of nitrogens with zero attached hydrogens (tertiary/aromatic N) is 1. The van der Waals surface area contributed by atoms with Crippen molar-refractivity contribution >= 4 is 23.8 Å². The van der Waals surface area contributed by atoms with E-state index in [1.807, 2.05) is 0 Å². The summed E-state index contributed by atoms with van der Waals surface area (Å²) in [6, 6.07) is 4.83. The molecule has 0 aliphatic carbocycles. The molecule has 0 atom stereocenters. The summed E-state index contributed by atoms with van der Waals surface area (Å²) in [5.74, 6) is 0. The highest BCUT2D eigenvalue weighted by atomic mass is 16.4. The summed E-state index contributed by atoms with van der Waals surface area (Å²) in [6.45, 7) is 0. The van der Waals surface area contributed by atoms with E-state index >= 15 is 0 Å². The highest BCUT2D eigenvalue weighted by Crippen LogP contribution is 2.09. The molecule has 0 saturated carbocycles. The molecule has 60 valence electrons. The average Bonchev–Trinajstić information content (AvgIpc) is 2.49. The van der Waals surface area contributed by atoms with Crippen LogP contribution in [0.5, 0.6) is 0 Å². The first kappa shape index (κ1) is 7.33. The predicted molar refractivity (Wildman–Crippen MR) is 43.8 cm³/mol. The fourth-order valence-electron chi connectivity index (χ4n) is 1.01. The van der Waals surface area contributed by atoms with Gasteiger partial charge in [-0.1, -0.05) is 0 Å². The number of pyridine rings is 1. The first-order valence-electron chi connectivity index (χ1n) is 3.47. The Morgan fingerprint density at radius 1 is 1.25 bits per heavy atom. The van der Waals surface area contributed by atoms with Gasteiger partial charge in [0.15, 0.2) is 5.58 Å². The van der Waals surface area contributed by atoms with Crippen LogP contribution in [0.25, 0.3) is 11.1 Å². The molecule has 0 radical (unpaired) electrons. The molecule has 0 amide bonds. The number of rotatable bonds is 1. The summed E-state index contributed by atoms with van der Waals surface area (Å²) in [7, 11) is -1.52. The van der Waals surface area contributed by atoms with Gasteiger partial charge in [0.1, 0.15) is 5.52 Å². The second-order valence-corrected chi connectivity index (χ2v) is 2.41. The van der Waals surface area contributed by atoms with Gasteiger partial charge < -0.3 is 14.5 Å². The van der Waals surface area contributed by atoms with Crippen molar-refractivity contribution < 1.29 is 14.5 Å². The third kappa shape index (κ3) is 1.09. The summed E-state index contributed by atoms with van der Waals surface area (Å²) in [6.07, 6.45) is 1.51. The molecule has 0 saturated heterocycles. The third-order valence-corrected chi connectivity index (χ3v) is 1.59. The quantitative estimate of drug-likeness (QED) is 0.556. The molecule has 0 aromatic carbocycles. The van der Waals surface area contributed by atoms with Crippen molar-refractivity contribution in [2.24, 2.45) is 0 Å². The second kappa shape index (κ2) is 2.62. The van der Waals surface area contributed by atoms with Gasteiger partial charge in [0.2, 0.25) is 0 Å². The van der Waals surface area contributed by atoms with Gasteiger partial charge in [0.05, 0.1) is 11.9 Å². The molecule has 2 rings (SSSR count). The normalized spacial score (nSPS) is 10.5. The second-order valence-electron chi connectivity index (χ2n) is 2.41. The largest absolute Gasteiger partial charge is 0.508 e. The summed E-state index contributed by atoms with van der Waals surface area (Å²) >= 11 is 0. The van der Waals surface area contributed by atoms with Crippen molar-refractivity contribution in [2.75, 3.05) is 0 Å². The minimum absolute atomic E-state index is 0.226. The molecule has 0 spiro atoms. The van der Waals surface area contributed by atoms with Crippen molar-refractivity contribution in [1.82, 2.24) is 4.98 Å². The van der Waals surface area contributed by atoms with Crippen molar-refractivity contribution in [3.8, 4) is 0 Å². The Bertz CT molecular complexity index is 398. The Hall–Kier alpha value is -1.33. The SMILES string of the molecule is OB(O)c1ccc2occc2n1. The number of hydrogen-bond acceptors (Lipinski definition) is 4. The Labute approximate surface area is 68.6 Å². The highest BCUT2D eigenvalue weighted by molar-refractivity contribution is 6.57. The van der Waals surface area contributed by atoms with Crippen LogP contribution in [0, 0.1) is 0 Å². The number of hydrogen-bond donors (Lipinski definition) is 2. The summed E-state index contributed by atoms with van der Waals surface area (Å²) in [5, 5.41) is 17.6. The molecule has 0 fully saturated rings. The zero-order valence-corrected chi connectivity index (χ0v) is 6.14. The molecule has 2 aromatic rings. The van der Waals surface area contributed by atoms with Crippen molar-refractivity contribution in [2.45, 2.75) is 0 Å². The van der Waals surface area contributed by atoms with Gasteiger partial charge in [-0.25, -0.2) is 0 Å². The van der Waals surface area contributed by atoms with E-state index in [1.54, 1.807) is 12.1 Å². The first-order valence-corrected chi connectivity index (χ1v) is 3.47. The number of furan rings is 1. The third-order valence-electron chi connectivity index (χ3n) is 1.59. The number of aromatic nitrogens is 1. The molecule has 0 unspecified atom stereocenters. The van der Waals surface area contributed by atoms with Crippen LogP contribution in [0.3, 0.4) is 0 Å². The van der Waals surface area contributed by atoms with Gasteiger partial charge in [0.25, 0.3) is 0 Å². The first-order chi connectivity index (χ1) is 5.77. The molecule has 2 N–H and O–H groups in total. The van der Waals surface area contributed by atoms with E-state index < -0.39 is 7.12 Å². The van der Waals surface area contributed by atoms with Gasteiger partial charge in [-0.05, 0) is 12.1 Å². The van der Waals surface area contributed by atoms with Crippen LogP contribution >= 0.6 is 0 Å². The van der Waals surface area contributed by atoms with Crippen molar-refractivity contribution in [1.29, 1.82) is 0 Å². The lowest BCUT2D eigenvalue weighted by Crippen LogP contribution is -2.32. The van der Waals surface area contributed by atoms with Crippen LogP contribution in [0.2, 0.25) is 0 Å². The van der Waals surface area contributed by atoms with Crippen molar-refractivity contribution in [3.05, 3.63) is 24.5 Å². The average molecular weight is 163 g/mol. The lowest BCUT2D eigenvalue weighted by atomic mass is 9.86. The van der Waals surface area contributed by atoms with Crippen LogP contribution < -0.4 is 5.59 Å². The molecule has 12 heavy (non-hydrogen) atoms. The maximum atomic E-state index is 8.78. The molecule has 4 nitrogen and oxygen atoms in total. The molecule has 2 heterocycles. The number of fused-ring (bicyclic) bond motifs is 1. The van der Waals surface area contributed by atoms with Gasteiger partial charge in [-0.15, -0.1) is 0 Å². The van der Waals surface area contributed by atoms with Crippen molar-refractivity contribution in [3.63, 3.8) is 0 Å². The molecule has 5 heteroatoms. The molecule has 0 aliphatic heterocycles. The van der Waals surface area contributed by atoms with Crippen LogP contribution in [0.1, 0.15) is 0 Å². The van der Waals surface area contributed by atoms with Crippen LogP contribution in [-0.4, -0.2) is 22.2 Å². The predicted octanol–water partition coefficient (Wildman–Crippen LogP) is -0.492. The van der Waals surface area contributed by atoms with E-state index in [0.29, 0.717) is 11.1 Å². The van der Waals surface area contributed by atoms with E-state index in [9.17, 15) is 0 Å². The molecular weight excluding hydrogens is 157 g/mol. The van der Waals surface area contributed by atoms with E-state index in [4.69, 9.17) is 14.5 Å². The lowest BCUT2D eigenvalue weighted by molar-refractivity contribution is 0.424. The maximum absolute atomic E-state index is 8.78. The fraction of sp³-hybridized carbons (Fsp3) is 0. The Kier molecular flexibility index (Phi) is 1.60. The minimum atomic E-state index is -1.52. The standard InChI is InChI=1S/C7H6BNO3/c10-8(11)7-2-1-6-5(9-7)3-4-12-6/h1-4,10-11H. The van der Waals surface area contributed by atoms with E-state index in [2.05, 4.69) is 4.98 Å². The highest BCUT2D eigenvalue weighted by Gasteiger charge is 2.13. The Morgan fingerprint density at radius 2 is 2.08 bits per heavy atom. The molecule has 2 aromatic heterocycles. The van der Waals surface area contributed by atoms with Crippen LogP contribution in [0.15, 0.2) is 28.9 Å². The topological polar surface area (TPSA) is 66.5 Å². The summed E-state index contributed by atoms with van der Waals surface area (Å²) in [5.41, 5.74) is 1.49. The summed E-state index contributed by atoms with van der Waals surface area (Å²) in [4.78, 5) is 3.94. The van der Waals surface area contributed by atoms with Crippen LogP contribution in [-0.2, 0) is 0 Å². The molecular formula is C7H6BNO3.